The van der Waals surface area contributed by atoms with E-state index in [-0.39, 0.29) is 5.82 Å². The summed E-state index contributed by atoms with van der Waals surface area (Å²) >= 11 is 14.8. The number of carbonyl (C=O) groups is 1. The molecular weight excluding hydrogens is 511 g/mol. The third-order valence-corrected chi connectivity index (χ3v) is 6.47. The Balaban J connectivity index is 2.02. The van der Waals surface area contributed by atoms with E-state index < -0.39 is 5.91 Å². The summed E-state index contributed by atoms with van der Waals surface area (Å²) in [4.78, 5) is 18.7. The van der Waals surface area contributed by atoms with E-state index in [1.54, 1.807) is 12.3 Å². The second-order valence-electron chi connectivity index (χ2n) is 5.29. The molecule has 1 atom stereocenters. The van der Waals surface area contributed by atoms with Crippen LogP contribution in [0.2, 0.25) is 10.0 Å². The van der Waals surface area contributed by atoms with E-state index in [2.05, 4.69) is 47.3 Å². The molecule has 0 saturated heterocycles. The van der Waals surface area contributed by atoms with Crippen LogP contribution in [0.4, 0.5) is 0 Å². The van der Waals surface area contributed by atoms with Gasteiger partial charge in [-0.3, -0.25) is 9.89 Å². The van der Waals surface area contributed by atoms with Gasteiger partial charge >= 0.3 is 0 Å². The van der Waals surface area contributed by atoms with Crippen molar-refractivity contribution in [3.8, 4) is 22.6 Å². The predicted molar refractivity (Wildman–Crippen MR) is 111 cm³/mol. The van der Waals surface area contributed by atoms with Crippen molar-refractivity contribution < 1.29 is 4.79 Å². The first-order valence-corrected chi connectivity index (χ1v) is 11.9. The largest absolute Gasteiger partial charge is 0.363 e. The number of hydrogen-bond donors (Lipinski definition) is 3. The highest BCUT2D eigenvalue weighted by molar-refractivity contribution is 14.2. The van der Waals surface area contributed by atoms with Crippen LogP contribution in [0, 0.1) is 0 Å². The zero-order valence-corrected chi connectivity index (χ0v) is 17.4. The number of nitrogens with two attached hydrogens (primary N) is 1. The molecule has 0 spiro atoms. The van der Waals surface area contributed by atoms with Crippen molar-refractivity contribution in [2.45, 2.75) is 0 Å². The minimum atomic E-state index is -0.693. The zero-order chi connectivity index (χ0) is 18.4. The minimum Gasteiger partial charge on any atom is -0.363 e. The smallest absolute Gasteiger partial charge is 0.286 e. The van der Waals surface area contributed by atoms with Gasteiger partial charge in [-0.15, -0.1) is 0 Å². The molecule has 3 aromatic heterocycles. The summed E-state index contributed by atoms with van der Waals surface area (Å²) < 4.78 is 1.82. The highest BCUT2D eigenvalue weighted by atomic mass is 127. The van der Waals surface area contributed by atoms with Crippen LogP contribution in [0.3, 0.4) is 0 Å². The molecular formula is C14H9Cl2IN7OP. The lowest BCUT2D eigenvalue weighted by Gasteiger charge is -2.00. The van der Waals surface area contributed by atoms with E-state index in [9.17, 15) is 4.79 Å². The van der Waals surface area contributed by atoms with Crippen LogP contribution < -0.4 is 5.73 Å². The molecule has 8 nitrogen and oxygen atoms in total. The van der Waals surface area contributed by atoms with Crippen LogP contribution in [-0.4, -0.2) is 35.6 Å². The van der Waals surface area contributed by atoms with Crippen molar-refractivity contribution >= 4 is 68.4 Å². The van der Waals surface area contributed by atoms with E-state index >= 15 is 0 Å². The van der Waals surface area contributed by atoms with E-state index in [1.807, 2.05) is 16.7 Å². The molecule has 1 aromatic carbocycles. The summed E-state index contributed by atoms with van der Waals surface area (Å²) in [6.45, 7) is 0. The molecule has 1 amide bonds. The number of nitrogens with zero attached hydrogens (tertiary/aromatic N) is 4. The van der Waals surface area contributed by atoms with Gasteiger partial charge in [0.25, 0.3) is 5.91 Å². The summed E-state index contributed by atoms with van der Waals surface area (Å²) in [5.41, 5.74) is 8.17. The number of fused-ring (bicyclic) bond motifs is 1. The monoisotopic (exact) mass is 519 g/mol. The van der Waals surface area contributed by atoms with Crippen LogP contribution in [0.15, 0.2) is 24.5 Å². The molecule has 1 unspecified atom stereocenters. The number of amides is 1. The highest BCUT2D eigenvalue weighted by Gasteiger charge is 2.22. The average molecular weight is 520 g/mol. The van der Waals surface area contributed by atoms with Crippen molar-refractivity contribution in [2.75, 3.05) is 0 Å². The second kappa shape index (κ2) is 6.80. The predicted octanol–water partition coefficient (Wildman–Crippen LogP) is 4.01. The molecule has 0 aliphatic carbocycles. The lowest BCUT2D eigenvalue weighted by Crippen LogP contribution is -2.12. The first kappa shape index (κ1) is 17.7. The Labute approximate surface area is 171 Å². The third kappa shape index (κ3) is 2.88. The fraction of sp³-hybridized carbons (Fsp3) is 0. The molecule has 0 aliphatic rings. The lowest BCUT2D eigenvalue weighted by molar-refractivity contribution is 0.0991. The van der Waals surface area contributed by atoms with Crippen LogP contribution in [0.5, 0.6) is 0 Å². The fourth-order valence-corrected chi connectivity index (χ4v) is 4.10. The van der Waals surface area contributed by atoms with Crippen molar-refractivity contribution in [1.29, 1.82) is 0 Å². The number of nitrogens with one attached hydrogen (secondary N) is 2. The summed E-state index contributed by atoms with van der Waals surface area (Å²) in [5.74, 6) is -0.429. The molecule has 0 aliphatic heterocycles. The van der Waals surface area contributed by atoms with Gasteiger partial charge in [0.05, 0.1) is 33.8 Å². The highest BCUT2D eigenvalue weighted by Crippen LogP contribution is 2.42. The Hall–Kier alpha value is -1.68. The minimum absolute atomic E-state index is 0.0295. The maximum Gasteiger partial charge on any atom is 0.286 e. The first-order valence-electron chi connectivity index (χ1n) is 7.13. The number of carbonyl (C=O) groups excluding carboxylic acids is 1. The van der Waals surface area contributed by atoms with E-state index in [0.717, 1.165) is 16.5 Å². The maximum absolute atomic E-state index is 11.3. The molecule has 3 heterocycles. The average Bonchev–Trinajstić information content (AvgIpc) is 3.34. The number of halogens is 3. The fourth-order valence-electron chi connectivity index (χ4n) is 2.65. The van der Waals surface area contributed by atoms with Gasteiger partial charge < -0.3 is 10.7 Å². The number of hydrogen-bond acceptors (Lipinski definition) is 4. The molecule has 132 valence electrons. The van der Waals surface area contributed by atoms with Gasteiger partial charge in [0.15, 0.2) is 5.82 Å². The number of H-pyrrole nitrogens is 2. The maximum atomic E-state index is 11.3. The molecule has 0 fully saturated rings. The van der Waals surface area contributed by atoms with E-state index in [1.165, 1.54) is 0 Å². The van der Waals surface area contributed by atoms with Crippen LogP contribution in [0.25, 0.3) is 33.5 Å². The molecule has 4 N–H and O–H groups in total. The summed E-state index contributed by atoms with van der Waals surface area (Å²) in [6.07, 6.45) is 4.13. The standard InChI is InChI=1S/C14H9Cl2IN7OP/c15-7-2-1-6-8(5-3-19-24(4-5)26-17)11(20-10(6)9(7)16)13-21-14(12(18)25)23-22-13/h1-4,20,26H,(H2,18,25)(H,21,22,23). The molecule has 0 bridgehead atoms. The van der Waals surface area contributed by atoms with E-state index in [0.29, 0.717) is 33.5 Å². The van der Waals surface area contributed by atoms with Crippen LogP contribution in [0.1, 0.15) is 10.6 Å². The van der Waals surface area contributed by atoms with Gasteiger partial charge in [-0.25, -0.2) is 9.44 Å². The van der Waals surface area contributed by atoms with E-state index in [4.69, 9.17) is 28.9 Å². The molecule has 26 heavy (non-hydrogen) atoms. The number of benzene rings is 1. The van der Waals surface area contributed by atoms with Gasteiger partial charge in [-0.1, -0.05) is 29.3 Å². The van der Waals surface area contributed by atoms with Crippen LogP contribution in [-0.2, 0) is 0 Å². The van der Waals surface area contributed by atoms with Crippen LogP contribution >= 0.6 is 51.6 Å². The molecule has 0 saturated carbocycles. The second-order valence-corrected chi connectivity index (χ2v) is 8.15. The van der Waals surface area contributed by atoms with Gasteiger partial charge in [-0.05, 0) is 28.1 Å². The third-order valence-electron chi connectivity index (χ3n) is 3.76. The lowest BCUT2D eigenvalue weighted by atomic mass is 10.0. The Morgan fingerprint density at radius 1 is 1.35 bits per heavy atom. The first-order chi connectivity index (χ1) is 12.5. The molecule has 4 rings (SSSR count). The SMILES string of the molecule is NC(=O)c1nc(-c2[nH]c3c(Cl)c(Cl)ccc3c2-c2cnn(PI)c2)n[nH]1. The number of aromatic nitrogens is 6. The molecule has 0 radical (unpaired) electrons. The molecule has 12 heteroatoms. The molecule has 4 aromatic rings. The number of aromatic amines is 2. The zero-order valence-electron chi connectivity index (χ0n) is 12.7. The number of primary amides is 1. The normalized spacial score (nSPS) is 11.8. The van der Waals surface area contributed by atoms with Crippen molar-refractivity contribution in [2.24, 2.45) is 5.73 Å². The number of rotatable bonds is 4. The Morgan fingerprint density at radius 2 is 2.15 bits per heavy atom. The van der Waals surface area contributed by atoms with Crippen molar-refractivity contribution in [3.63, 3.8) is 0 Å². The Bertz CT molecular complexity index is 1150. The summed E-state index contributed by atoms with van der Waals surface area (Å²) in [5, 5.41) is 12.6. The van der Waals surface area contributed by atoms with Gasteiger partial charge in [0, 0.05) is 22.7 Å². The van der Waals surface area contributed by atoms with Gasteiger partial charge in [0.2, 0.25) is 5.82 Å². The van der Waals surface area contributed by atoms with Gasteiger partial charge in [0.1, 0.15) is 0 Å². The quantitative estimate of drug-likeness (QED) is 0.279. The Morgan fingerprint density at radius 3 is 2.81 bits per heavy atom. The van der Waals surface area contributed by atoms with Crippen molar-refractivity contribution in [3.05, 3.63) is 40.4 Å². The summed E-state index contributed by atoms with van der Waals surface area (Å²) in [6, 6.07) is 3.59. The van der Waals surface area contributed by atoms with Gasteiger partial charge in [-0.2, -0.15) is 10.2 Å². The summed E-state index contributed by atoms with van der Waals surface area (Å²) in [7, 11) is 0. The topological polar surface area (TPSA) is 118 Å². The Kier molecular flexibility index (Phi) is 4.64. The van der Waals surface area contributed by atoms with Crippen molar-refractivity contribution in [1.82, 2.24) is 29.7 Å².